The van der Waals surface area contributed by atoms with Gasteiger partial charge < -0.3 is 10.9 Å². The molecule has 1 aliphatic heterocycles. The Morgan fingerprint density at radius 1 is 1.36 bits per heavy atom. The van der Waals surface area contributed by atoms with Gasteiger partial charge in [0, 0.05) is 18.8 Å². The Kier molecular flexibility index (Phi) is 1.89. The molecule has 0 saturated heterocycles. The van der Waals surface area contributed by atoms with Gasteiger partial charge >= 0.3 is 0 Å². The summed E-state index contributed by atoms with van der Waals surface area (Å²) in [4.78, 5) is 4.10. The average molecular weight is 189 g/mol. The summed E-state index contributed by atoms with van der Waals surface area (Å²) in [6.07, 6.45) is 1.54. The van der Waals surface area contributed by atoms with Gasteiger partial charge in [-0.2, -0.15) is 4.73 Å². The van der Waals surface area contributed by atoms with Crippen molar-refractivity contribution in [1.82, 2.24) is 4.73 Å². The maximum atomic E-state index is 9.57. The van der Waals surface area contributed by atoms with Crippen molar-refractivity contribution in [3.63, 3.8) is 0 Å². The summed E-state index contributed by atoms with van der Waals surface area (Å²) in [5.74, 6) is 0. The van der Waals surface area contributed by atoms with E-state index in [1.165, 1.54) is 6.20 Å². The van der Waals surface area contributed by atoms with Crippen LogP contribution in [0.25, 0.3) is 11.3 Å². The number of nitrogen functional groups attached to an aromatic ring is 1. The van der Waals surface area contributed by atoms with Crippen molar-refractivity contribution in [3.8, 4) is 11.3 Å². The number of nitrogens with zero attached hydrogens (tertiary/aromatic N) is 2. The van der Waals surface area contributed by atoms with Gasteiger partial charge in [0.05, 0.1) is 11.0 Å². The van der Waals surface area contributed by atoms with Crippen LogP contribution in [0.15, 0.2) is 35.5 Å². The zero-order valence-corrected chi connectivity index (χ0v) is 7.81. The molecule has 4 nitrogen and oxygen atoms in total. The summed E-state index contributed by atoms with van der Waals surface area (Å²) in [6, 6.07) is 7.19. The van der Waals surface area contributed by atoms with E-state index in [0.29, 0.717) is 11.4 Å². The quantitative estimate of drug-likeness (QED) is 0.478. The minimum absolute atomic E-state index is 0.538. The molecule has 72 valence electrons. The first-order chi connectivity index (χ1) is 6.74. The predicted octanol–water partition coefficient (Wildman–Crippen LogP) is 0.943. The molecule has 0 saturated carbocycles. The molecule has 0 aromatic heterocycles. The van der Waals surface area contributed by atoms with Gasteiger partial charge in [0.2, 0.25) is 0 Å². The summed E-state index contributed by atoms with van der Waals surface area (Å²) >= 11 is 0. The first kappa shape index (κ1) is 8.62. The largest absolute Gasteiger partial charge is 0.428 e. The van der Waals surface area contributed by atoms with Crippen molar-refractivity contribution in [2.75, 3.05) is 12.8 Å². The molecule has 2 rings (SSSR count). The number of hydrogen-bond acceptors (Lipinski definition) is 3. The van der Waals surface area contributed by atoms with Gasteiger partial charge in [0.1, 0.15) is 5.69 Å². The third-order valence-electron chi connectivity index (χ3n) is 2.19. The molecule has 0 spiro atoms. The fraction of sp³-hybridized carbons (Fsp3) is 0.100. The number of aromatic nitrogens is 1. The van der Waals surface area contributed by atoms with Crippen LogP contribution in [-0.4, -0.2) is 17.0 Å². The highest BCUT2D eigenvalue weighted by atomic mass is 16.5. The normalized spacial score (nSPS) is 12.2. The van der Waals surface area contributed by atoms with E-state index in [2.05, 4.69) is 4.99 Å². The standard InChI is InChI=1S/C10H11N3O/c1-12-9-5-4-8(11)10-7(9)3-2-6-13(10)14/h2-6,14H,11H2,1H3. The third-order valence-corrected chi connectivity index (χ3v) is 2.19. The monoisotopic (exact) mass is 189 g/mol. The van der Waals surface area contributed by atoms with Crippen LogP contribution >= 0.6 is 0 Å². The van der Waals surface area contributed by atoms with Crippen LogP contribution in [0.4, 0.5) is 5.69 Å². The molecule has 3 N–H and O–H groups in total. The smallest absolute Gasteiger partial charge is 0.111 e. The lowest BCUT2D eigenvalue weighted by molar-refractivity contribution is 0.189. The summed E-state index contributed by atoms with van der Waals surface area (Å²) in [7, 11) is 1.71. The molecule has 0 aromatic rings. The lowest BCUT2D eigenvalue weighted by Crippen LogP contribution is -2.13. The molecule has 0 atom stereocenters. The van der Waals surface area contributed by atoms with Crippen LogP contribution in [0.1, 0.15) is 0 Å². The summed E-state index contributed by atoms with van der Waals surface area (Å²) < 4.78 is 1.01. The van der Waals surface area contributed by atoms with E-state index in [0.717, 1.165) is 15.7 Å². The number of hydrogen-bond donors (Lipinski definition) is 2. The van der Waals surface area contributed by atoms with E-state index in [-0.39, 0.29) is 0 Å². The van der Waals surface area contributed by atoms with E-state index < -0.39 is 0 Å². The first-order valence-corrected chi connectivity index (χ1v) is 4.26. The summed E-state index contributed by atoms with van der Waals surface area (Å²) in [5.41, 5.74) is 7.73. The molecule has 14 heavy (non-hydrogen) atoms. The number of pyridine rings is 1. The van der Waals surface area contributed by atoms with E-state index in [1.807, 2.05) is 12.1 Å². The molecule has 0 fully saturated rings. The molecule has 0 aromatic carbocycles. The van der Waals surface area contributed by atoms with Crippen LogP contribution in [0.5, 0.6) is 0 Å². The predicted molar refractivity (Wildman–Crippen MR) is 54.1 cm³/mol. The lowest BCUT2D eigenvalue weighted by Gasteiger charge is -2.11. The van der Waals surface area contributed by atoms with Crippen LogP contribution in [-0.2, 0) is 0 Å². The fourth-order valence-corrected chi connectivity index (χ4v) is 1.52. The van der Waals surface area contributed by atoms with Gasteiger partial charge in [0.15, 0.2) is 0 Å². The second-order valence-corrected chi connectivity index (χ2v) is 3.01. The second-order valence-electron chi connectivity index (χ2n) is 3.01. The van der Waals surface area contributed by atoms with Gasteiger partial charge in [-0.1, -0.05) is 0 Å². The zero-order valence-electron chi connectivity index (χ0n) is 7.81. The zero-order chi connectivity index (χ0) is 10.1. The van der Waals surface area contributed by atoms with Gasteiger partial charge in [-0.25, -0.2) is 0 Å². The average Bonchev–Trinajstić information content (AvgIpc) is 2.18. The summed E-state index contributed by atoms with van der Waals surface area (Å²) in [6.45, 7) is 0. The Morgan fingerprint density at radius 2 is 2.14 bits per heavy atom. The first-order valence-electron chi connectivity index (χ1n) is 4.26. The van der Waals surface area contributed by atoms with Gasteiger partial charge in [0.25, 0.3) is 0 Å². The maximum Gasteiger partial charge on any atom is 0.111 e. The molecule has 2 aliphatic rings. The number of benzene rings is 1. The van der Waals surface area contributed by atoms with E-state index in [4.69, 9.17) is 5.73 Å². The number of fused-ring (bicyclic) bond motifs is 1. The van der Waals surface area contributed by atoms with Crippen LogP contribution in [0.3, 0.4) is 0 Å². The van der Waals surface area contributed by atoms with Crippen molar-refractivity contribution >= 4 is 5.69 Å². The van der Waals surface area contributed by atoms with E-state index in [1.54, 1.807) is 19.2 Å². The van der Waals surface area contributed by atoms with Crippen LogP contribution in [0.2, 0.25) is 0 Å². The van der Waals surface area contributed by atoms with Crippen molar-refractivity contribution in [2.45, 2.75) is 0 Å². The summed E-state index contributed by atoms with van der Waals surface area (Å²) in [5, 5.41) is 10.4. The Hall–Kier alpha value is -1.97. The van der Waals surface area contributed by atoms with Crippen LogP contribution in [0, 0.1) is 0 Å². The Bertz CT molecular complexity index is 501. The van der Waals surface area contributed by atoms with E-state index in [9.17, 15) is 5.21 Å². The Morgan fingerprint density at radius 3 is 2.86 bits per heavy atom. The van der Waals surface area contributed by atoms with Gasteiger partial charge in [-0.15, -0.1) is 0 Å². The molecule has 0 unspecified atom stereocenters. The minimum Gasteiger partial charge on any atom is -0.428 e. The van der Waals surface area contributed by atoms with Crippen LogP contribution < -0.4 is 11.1 Å². The molecular weight excluding hydrogens is 178 g/mol. The Balaban J connectivity index is 2.95. The highest BCUT2D eigenvalue weighted by molar-refractivity contribution is 5.73. The van der Waals surface area contributed by atoms with Crippen molar-refractivity contribution in [3.05, 3.63) is 35.8 Å². The van der Waals surface area contributed by atoms with Crippen molar-refractivity contribution in [2.24, 2.45) is 4.99 Å². The van der Waals surface area contributed by atoms with Crippen molar-refractivity contribution in [1.29, 1.82) is 0 Å². The van der Waals surface area contributed by atoms with Gasteiger partial charge in [-0.3, -0.25) is 4.99 Å². The Labute approximate surface area is 81.2 Å². The lowest BCUT2D eigenvalue weighted by atomic mass is 10.1. The number of nitrogens with two attached hydrogens (primary N) is 1. The minimum atomic E-state index is 0.538. The SMILES string of the molecule is CN=c1ccc(N)c2n(O)cccc1-2. The number of anilines is 1. The molecule has 4 heteroatoms. The molecule has 1 heterocycles. The fourth-order valence-electron chi connectivity index (χ4n) is 1.52. The number of rotatable bonds is 0. The molecule has 0 amide bonds. The molecular formula is C10H11N3O. The second kappa shape index (κ2) is 3.06. The molecule has 1 aliphatic carbocycles. The van der Waals surface area contributed by atoms with Crippen molar-refractivity contribution < 1.29 is 5.21 Å². The molecule has 0 radical (unpaired) electrons. The molecule has 0 bridgehead atoms. The highest BCUT2D eigenvalue weighted by Gasteiger charge is 2.10. The highest BCUT2D eigenvalue weighted by Crippen LogP contribution is 2.22. The van der Waals surface area contributed by atoms with E-state index >= 15 is 0 Å². The van der Waals surface area contributed by atoms with Gasteiger partial charge in [-0.05, 0) is 24.3 Å². The topological polar surface area (TPSA) is 63.5 Å². The third kappa shape index (κ3) is 1.12. The maximum absolute atomic E-state index is 9.57.